The second-order valence-corrected chi connectivity index (χ2v) is 10.9. The zero-order chi connectivity index (χ0) is 25.5. The molecule has 0 amide bonds. The van der Waals surface area contributed by atoms with E-state index < -0.39 is 10.0 Å². The van der Waals surface area contributed by atoms with Gasteiger partial charge >= 0.3 is 5.97 Å². The molecule has 36 heavy (non-hydrogen) atoms. The normalized spacial score (nSPS) is 17.7. The van der Waals surface area contributed by atoms with Crippen molar-refractivity contribution in [2.75, 3.05) is 64.4 Å². The van der Waals surface area contributed by atoms with Crippen LogP contribution < -0.4 is 9.64 Å². The lowest BCUT2D eigenvalue weighted by atomic mass is 10.1. The van der Waals surface area contributed by atoms with Crippen molar-refractivity contribution in [3.05, 3.63) is 41.9 Å². The average Bonchev–Trinajstić information content (AvgIpc) is 2.92. The number of anilines is 1. The minimum Gasteiger partial charge on any atom is -0.497 e. The molecular weight excluding hydrogens is 482 g/mol. The van der Waals surface area contributed by atoms with Gasteiger partial charge in [0.1, 0.15) is 23.0 Å². The van der Waals surface area contributed by atoms with Gasteiger partial charge in [0, 0.05) is 58.4 Å². The first-order valence-corrected chi connectivity index (χ1v) is 14.0. The number of hydrogen-bond acceptors (Lipinski definition) is 9. The summed E-state index contributed by atoms with van der Waals surface area (Å²) >= 11 is 0. The van der Waals surface area contributed by atoms with Crippen LogP contribution in [0.15, 0.2) is 35.4 Å². The molecule has 0 atom stereocenters. The molecule has 0 N–H and O–H groups in total. The molecule has 3 heterocycles. The van der Waals surface area contributed by atoms with Gasteiger partial charge in [0.05, 0.1) is 18.6 Å². The van der Waals surface area contributed by atoms with Crippen LogP contribution in [-0.2, 0) is 21.2 Å². The Morgan fingerprint density at radius 2 is 1.69 bits per heavy atom. The zero-order valence-electron chi connectivity index (χ0n) is 21.1. The first-order valence-electron chi connectivity index (χ1n) is 12.6. The highest BCUT2D eigenvalue weighted by Gasteiger charge is 2.29. The average molecular weight is 518 g/mol. The van der Waals surface area contributed by atoms with E-state index in [9.17, 15) is 13.2 Å². The van der Waals surface area contributed by atoms with Crippen molar-refractivity contribution >= 4 is 21.8 Å². The fourth-order valence-electron chi connectivity index (χ4n) is 4.58. The van der Waals surface area contributed by atoms with E-state index in [4.69, 9.17) is 14.5 Å². The van der Waals surface area contributed by atoms with Crippen molar-refractivity contribution < 1.29 is 22.7 Å². The fourth-order valence-corrected chi connectivity index (χ4v) is 6.00. The third-order valence-electron chi connectivity index (χ3n) is 6.65. The SMILES string of the molecule is CCOC(=O)c1cnc(CCN2CCN(S(=O)(=O)c3ccc(OC)cc3)CC2)nc1N1CCCCC1. The molecule has 2 fully saturated rings. The van der Waals surface area contributed by atoms with E-state index in [1.165, 1.54) is 10.7 Å². The highest BCUT2D eigenvalue weighted by molar-refractivity contribution is 7.89. The van der Waals surface area contributed by atoms with Crippen molar-refractivity contribution in [1.82, 2.24) is 19.2 Å². The van der Waals surface area contributed by atoms with Crippen molar-refractivity contribution in [3.8, 4) is 5.75 Å². The van der Waals surface area contributed by atoms with Crippen molar-refractivity contribution in [2.24, 2.45) is 0 Å². The highest BCUT2D eigenvalue weighted by Crippen LogP contribution is 2.24. The molecule has 10 nitrogen and oxygen atoms in total. The summed E-state index contributed by atoms with van der Waals surface area (Å²) in [5.41, 5.74) is 0.417. The molecule has 196 valence electrons. The van der Waals surface area contributed by atoms with E-state index in [1.54, 1.807) is 44.5 Å². The summed E-state index contributed by atoms with van der Waals surface area (Å²) < 4.78 is 37.9. The molecule has 2 aromatic rings. The number of aromatic nitrogens is 2. The number of ether oxygens (including phenoxy) is 2. The molecule has 0 radical (unpaired) electrons. The number of piperazine rings is 1. The van der Waals surface area contributed by atoms with E-state index in [-0.39, 0.29) is 10.9 Å². The van der Waals surface area contributed by atoms with Gasteiger partial charge in [0.2, 0.25) is 10.0 Å². The first-order chi connectivity index (χ1) is 17.4. The molecule has 11 heteroatoms. The number of rotatable bonds is 9. The molecule has 0 unspecified atom stereocenters. The Hall–Kier alpha value is -2.76. The molecule has 0 spiro atoms. The van der Waals surface area contributed by atoms with Gasteiger partial charge in [-0.1, -0.05) is 0 Å². The Kier molecular flexibility index (Phi) is 8.76. The van der Waals surface area contributed by atoms with Crippen molar-refractivity contribution in [1.29, 1.82) is 0 Å². The Morgan fingerprint density at radius 1 is 1.00 bits per heavy atom. The molecule has 1 aromatic carbocycles. The number of esters is 1. The van der Waals surface area contributed by atoms with Gasteiger partial charge in [-0.25, -0.2) is 23.2 Å². The number of carbonyl (C=O) groups is 1. The number of benzene rings is 1. The number of nitrogens with zero attached hydrogens (tertiary/aromatic N) is 5. The van der Waals surface area contributed by atoms with Gasteiger partial charge in [0.15, 0.2) is 0 Å². The summed E-state index contributed by atoms with van der Waals surface area (Å²) in [6, 6.07) is 6.48. The van der Waals surface area contributed by atoms with Gasteiger partial charge in [0.25, 0.3) is 0 Å². The van der Waals surface area contributed by atoms with Crippen LogP contribution in [-0.4, -0.2) is 93.1 Å². The summed E-state index contributed by atoms with van der Waals surface area (Å²) in [7, 11) is -1.98. The topological polar surface area (TPSA) is 105 Å². The van der Waals surface area contributed by atoms with Crippen LogP contribution in [0.5, 0.6) is 5.75 Å². The molecular formula is C25H35N5O5S. The van der Waals surface area contributed by atoms with E-state index in [2.05, 4.69) is 14.8 Å². The zero-order valence-corrected chi connectivity index (χ0v) is 21.9. The Balaban J connectivity index is 1.36. The molecule has 0 saturated carbocycles. The predicted octanol–water partition coefficient (Wildman–Crippen LogP) is 2.20. The third kappa shape index (κ3) is 6.13. The highest BCUT2D eigenvalue weighted by atomic mass is 32.2. The maximum atomic E-state index is 13.0. The minimum atomic E-state index is -3.54. The largest absolute Gasteiger partial charge is 0.497 e. The Morgan fingerprint density at radius 3 is 2.33 bits per heavy atom. The summed E-state index contributed by atoms with van der Waals surface area (Å²) in [5, 5.41) is 0. The monoisotopic (exact) mass is 517 g/mol. The van der Waals surface area contributed by atoms with Crippen molar-refractivity contribution in [2.45, 2.75) is 37.5 Å². The lowest BCUT2D eigenvalue weighted by Gasteiger charge is -2.34. The third-order valence-corrected chi connectivity index (χ3v) is 8.56. The number of sulfonamides is 1. The second kappa shape index (κ2) is 12.0. The summed E-state index contributed by atoms with van der Waals surface area (Å²) in [6.07, 6.45) is 5.54. The first kappa shape index (κ1) is 26.3. The lowest BCUT2D eigenvalue weighted by Crippen LogP contribution is -2.49. The molecule has 2 aliphatic heterocycles. The Bertz CT molecular complexity index is 1130. The summed E-state index contributed by atoms with van der Waals surface area (Å²) in [5.74, 6) is 1.57. The maximum absolute atomic E-state index is 13.0. The lowest BCUT2D eigenvalue weighted by molar-refractivity contribution is 0.0526. The van der Waals surface area contributed by atoms with E-state index >= 15 is 0 Å². The number of piperidine rings is 1. The van der Waals surface area contributed by atoms with E-state index in [0.29, 0.717) is 68.7 Å². The standard InChI is InChI=1S/C25H35N5O5S/c1-3-35-25(31)22-19-26-23(27-24(22)29-12-5-4-6-13-29)11-14-28-15-17-30(18-16-28)36(32,33)21-9-7-20(34-2)8-10-21/h7-10,19H,3-6,11-18H2,1-2H3. The minimum absolute atomic E-state index is 0.275. The predicted molar refractivity (Wildman–Crippen MR) is 136 cm³/mol. The van der Waals surface area contributed by atoms with Gasteiger partial charge in [-0.15, -0.1) is 0 Å². The molecule has 2 aliphatic rings. The second-order valence-electron chi connectivity index (χ2n) is 8.96. The van der Waals surface area contributed by atoms with Gasteiger partial charge in [-0.2, -0.15) is 4.31 Å². The molecule has 1 aromatic heterocycles. The van der Waals surface area contributed by atoms with Gasteiger partial charge < -0.3 is 19.3 Å². The van der Waals surface area contributed by atoms with Gasteiger partial charge in [-0.3, -0.25) is 0 Å². The van der Waals surface area contributed by atoms with Crippen LogP contribution in [0.3, 0.4) is 0 Å². The van der Waals surface area contributed by atoms with E-state index in [1.807, 2.05) is 0 Å². The van der Waals surface area contributed by atoms with Crippen LogP contribution in [0.25, 0.3) is 0 Å². The van der Waals surface area contributed by atoms with Crippen LogP contribution in [0.4, 0.5) is 5.82 Å². The summed E-state index contributed by atoms with van der Waals surface area (Å²) in [6.45, 7) is 6.67. The van der Waals surface area contributed by atoms with Crippen molar-refractivity contribution in [3.63, 3.8) is 0 Å². The molecule has 4 rings (SSSR count). The number of carbonyl (C=O) groups excluding carboxylic acids is 1. The van der Waals surface area contributed by atoms with Gasteiger partial charge in [-0.05, 0) is 50.5 Å². The molecule has 2 saturated heterocycles. The number of methoxy groups -OCH3 is 1. The molecule has 0 aliphatic carbocycles. The smallest absolute Gasteiger partial charge is 0.343 e. The maximum Gasteiger partial charge on any atom is 0.343 e. The molecule has 0 bridgehead atoms. The fraction of sp³-hybridized carbons (Fsp3) is 0.560. The number of hydrogen-bond donors (Lipinski definition) is 0. The summed E-state index contributed by atoms with van der Waals surface area (Å²) in [4.78, 5) is 26.3. The van der Waals surface area contributed by atoms with Crippen LogP contribution >= 0.6 is 0 Å². The van der Waals surface area contributed by atoms with E-state index in [0.717, 1.165) is 25.9 Å². The van der Waals surface area contributed by atoms with Crippen LogP contribution in [0, 0.1) is 0 Å². The van der Waals surface area contributed by atoms with Crippen LogP contribution in [0.2, 0.25) is 0 Å². The Labute approximate surface area is 213 Å². The van der Waals surface area contributed by atoms with Crippen LogP contribution in [0.1, 0.15) is 42.4 Å². The quantitative estimate of drug-likeness (QED) is 0.463.